The lowest BCUT2D eigenvalue weighted by molar-refractivity contribution is 0.250. The summed E-state index contributed by atoms with van der Waals surface area (Å²) in [5.41, 5.74) is 0. The maximum absolute atomic E-state index is 5.77. The van der Waals surface area contributed by atoms with Gasteiger partial charge in [0.25, 0.3) is 0 Å². The Balaban J connectivity index is 2.65. The van der Waals surface area contributed by atoms with Gasteiger partial charge < -0.3 is 4.74 Å². The highest BCUT2D eigenvalue weighted by atomic mass is 35.5. The van der Waals surface area contributed by atoms with Gasteiger partial charge >= 0.3 is 0 Å². The zero-order valence-electron chi connectivity index (χ0n) is 5.93. The molecule has 0 bridgehead atoms. The van der Waals surface area contributed by atoms with E-state index >= 15 is 0 Å². The average Bonchev–Trinajstić information content (AvgIpc) is 2.15. The number of hydrogen-bond acceptors (Lipinski definition) is 2. The monoisotopic (exact) mass is 176 g/mol. The van der Waals surface area contributed by atoms with Crippen molar-refractivity contribution < 1.29 is 4.74 Å². The Bertz CT molecular complexity index is 207. The summed E-state index contributed by atoms with van der Waals surface area (Å²) in [6, 6.07) is 1.84. The smallest absolute Gasteiger partial charge is 0.192 e. The van der Waals surface area contributed by atoms with Crippen LogP contribution < -0.4 is 4.74 Å². The van der Waals surface area contributed by atoms with Crippen LogP contribution in [0.4, 0.5) is 0 Å². The second-order valence-electron chi connectivity index (χ2n) is 2.22. The van der Waals surface area contributed by atoms with Gasteiger partial charge in [-0.2, -0.15) is 0 Å². The summed E-state index contributed by atoms with van der Waals surface area (Å²) in [4.78, 5) is 0. The van der Waals surface area contributed by atoms with Crippen LogP contribution in [-0.4, -0.2) is 6.10 Å². The minimum Gasteiger partial charge on any atom is -0.480 e. The first-order valence-corrected chi connectivity index (χ1v) is 4.35. The first kappa shape index (κ1) is 7.89. The molecule has 0 amide bonds. The van der Waals surface area contributed by atoms with Gasteiger partial charge in [0.15, 0.2) is 5.06 Å². The van der Waals surface area contributed by atoms with E-state index in [9.17, 15) is 0 Å². The van der Waals surface area contributed by atoms with Crippen molar-refractivity contribution in [2.45, 2.75) is 20.0 Å². The summed E-state index contributed by atoms with van der Waals surface area (Å²) in [6.45, 7) is 3.96. The van der Waals surface area contributed by atoms with Crippen molar-refractivity contribution in [3.8, 4) is 5.06 Å². The van der Waals surface area contributed by atoms with Crippen LogP contribution in [0, 0.1) is 0 Å². The van der Waals surface area contributed by atoms with E-state index in [2.05, 4.69) is 0 Å². The zero-order chi connectivity index (χ0) is 7.56. The van der Waals surface area contributed by atoms with Crippen molar-refractivity contribution in [3.05, 3.63) is 16.5 Å². The van der Waals surface area contributed by atoms with Crippen molar-refractivity contribution in [2.75, 3.05) is 0 Å². The molecule has 56 valence electrons. The second-order valence-corrected chi connectivity index (χ2v) is 3.51. The van der Waals surface area contributed by atoms with Gasteiger partial charge in [-0.25, -0.2) is 0 Å². The van der Waals surface area contributed by atoms with E-state index in [0.29, 0.717) is 5.02 Å². The molecule has 10 heavy (non-hydrogen) atoms. The molecule has 1 nitrogen and oxygen atoms in total. The average molecular weight is 177 g/mol. The third kappa shape index (κ3) is 1.89. The summed E-state index contributed by atoms with van der Waals surface area (Å²) in [7, 11) is 0. The molecule has 0 aliphatic carbocycles. The van der Waals surface area contributed by atoms with Gasteiger partial charge in [-0.1, -0.05) is 11.6 Å². The molecule has 0 unspecified atom stereocenters. The first-order chi connectivity index (χ1) is 4.70. The zero-order valence-corrected chi connectivity index (χ0v) is 7.50. The number of ether oxygens (including phenoxy) is 1. The lowest BCUT2D eigenvalue weighted by Crippen LogP contribution is -2.04. The minimum atomic E-state index is 0.205. The highest BCUT2D eigenvalue weighted by molar-refractivity contribution is 7.12. The summed E-state index contributed by atoms with van der Waals surface area (Å²) in [6.07, 6.45) is 0.205. The van der Waals surface area contributed by atoms with Gasteiger partial charge in [-0.15, -0.1) is 11.3 Å². The van der Waals surface area contributed by atoms with E-state index < -0.39 is 0 Å². The fraction of sp³-hybridized carbons (Fsp3) is 0.429. The maximum atomic E-state index is 5.77. The molecular formula is C7H9ClOS. The van der Waals surface area contributed by atoms with E-state index in [0.717, 1.165) is 5.06 Å². The van der Waals surface area contributed by atoms with Crippen LogP contribution in [0.3, 0.4) is 0 Å². The minimum absolute atomic E-state index is 0.205. The largest absolute Gasteiger partial charge is 0.480 e. The molecule has 0 saturated carbocycles. The fourth-order valence-electron chi connectivity index (χ4n) is 0.578. The summed E-state index contributed by atoms with van der Waals surface area (Å²) >= 11 is 7.29. The molecule has 0 spiro atoms. The molecule has 0 aliphatic heterocycles. The summed E-state index contributed by atoms with van der Waals surface area (Å²) in [5.74, 6) is 0. The predicted molar refractivity (Wildman–Crippen MR) is 45.1 cm³/mol. The van der Waals surface area contributed by atoms with Crippen LogP contribution in [-0.2, 0) is 0 Å². The topological polar surface area (TPSA) is 9.23 Å². The number of rotatable bonds is 2. The van der Waals surface area contributed by atoms with Gasteiger partial charge in [-0.05, 0) is 25.3 Å². The standard InChI is InChI=1S/C7H9ClOS/c1-5(2)9-7-6(8)3-4-10-7/h3-5H,1-2H3. The molecule has 3 heteroatoms. The number of thiophene rings is 1. The quantitative estimate of drug-likeness (QED) is 0.673. The summed E-state index contributed by atoms with van der Waals surface area (Å²) < 4.78 is 5.37. The maximum Gasteiger partial charge on any atom is 0.192 e. The highest BCUT2D eigenvalue weighted by Gasteiger charge is 2.03. The van der Waals surface area contributed by atoms with Crippen molar-refractivity contribution >= 4 is 22.9 Å². The SMILES string of the molecule is CC(C)Oc1sccc1Cl. The van der Waals surface area contributed by atoms with Crippen LogP contribution in [0.5, 0.6) is 5.06 Å². The van der Waals surface area contributed by atoms with E-state index in [1.165, 1.54) is 11.3 Å². The molecule has 0 radical (unpaired) electrons. The van der Waals surface area contributed by atoms with Gasteiger partial charge in [0.05, 0.1) is 11.1 Å². The third-order valence-corrected chi connectivity index (χ3v) is 2.14. The lowest BCUT2D eigenvalue weighted by Gasteiger charge is -2.06. The van der Waals surface area contributed by atoms with E-state index in [1.807, 2.05) is 25.3 Å². The Morgan fingerprint density at radius 1 is 1.60 bits per heavy atom. The van der Waals surface area contributed by atoms with Crippen LogP contribution in [0.2, 0.25) is 5.02 Å². The molecular weight excluding hydrogens is 168 g/mol. The Kier molecular flexibility index (Phi) is 2.57. The highest BCUT2D eigenvalue weighted by Crippen LogP contribution is 2.31. The molecule has 0 atom stereocenters. The second kappa shape index (κ2) is 3.26. The third-order valence-electron chi connectivity index (χ3n) is 0.927. The molecule has 1 aromatic heterocycles. The Morgan fingerprint density at radius 3 is 2.70 bits per heavy atom. The molecule has 1 rings (SSSR count). The number of halogens is 1. The summed E-state index contributed by atoms with van der Waals surface area (Å²) in [5, 5.41) is 3.44. The first-order valence-electron chi connectivity index (χ1n) is 3.10. The predicted octanol–water partition coefficient (Wildman–Crippen LogP) is 3.19. The van der Waals surface area contributed by atoms with E-state index in [4.69, 9.17) is 16.3 Å². The van der Waals surface area contributed by atoms with Gasteiger partial charge in [-0.3, -0.25) is 0 Å². The Labute approximate surface area is 69.6 Å². The van der Waals surface area contributed by atoms with Gasteiger partial charge in [0.2, 0.25) is 0 Å². The van der Waals surface area contributed by atoms with Gasteiger partial charge in [0.1, 0.15) is 0 Å². The van der Waals surface area contributed by atoms with Crippen molar-refractivity contribution in [2.24, 2.45) is 0 Å². The molecule has 1 heterocycles. The molecule has 0 aromatic carbocycles. The number of hydrogen-bond donors (Lipinski definition) is 0. The Morgan fingerprint density at radius 2 is 2.30 bits per heavy atom. The molecule has 0 aliphatic rings. The molecule has 1 aromatic rings. The molecule has 0 N–H and O–H groups in total. The van der Waals surface area contributed by atoms with E-state index in [-0.39, 0.29) is 6.10 Å². The Hall–Kier alpha value is -0.210. The van der Waals surface area contributed by atoms with Crippen molar-refractivity contribution in [1.82, 2.24) is 0 Å². The fourth-order valence-corrected chi connectivity index (χ4v) is 1.65. The van der Waals surface area contributed by atoms with Crippen molar-refractivity contribution in [3.63, 3.8) is 0 Å². The molecule has 0 saturated heterocycles. The van der Waals surface area contributed by atoms with Crippen LogP contribution in [0.1, 0.15) is 13.8 Å². The molecule has 0 fully saturated rings. The van der Waals surface area contributed by atoms with Crippen LogP contribution in [0.25, 0.3) is 0 Å². The van der Waals surface area contributed by atoms with Crippen LogP contribution >= 0.6 is 22.9 Å². The normalized spacial score (nSPS) is 10.4. The van der Waals surface area contributed by atoms with Crippen molar-refractivity contribution in [1.29, 1.82) is 0 Å². The van der Waals surface area contributed by atoms with Crippen LogP contribution in [0.15, 0.2) is 11.4 Å². The lowest BCUT2D eigenvalue weighted by atomic mass is 10.5. The van der Waals surface area contributed by atoms with Gasteiger partial charge in [0, 0.05) is 0 Å². The van der Waals surface area contributed by atoms with E-state index in [1.54, 1.807) is 0 Å².